The maximum Gasteiger partial charge on any atom is 0.172 e. The molecule has 0 bridgehead atoms. The van der Waals surface area contributed by atoms with E-state index in [1.54, 1.807) is 0 Å². The Morgan fingerprint density at radius 2 is 1.61 bits per heavy atom. The van der Waals surface area contributed by atoms with E-state index in [-0.39, 0.29) is 11.5 Å². The lowest BCUT2D eigenvalue weighted by atomic mass is 9.86. The zero-order chi connectivity index (χ0) is 17.2. The van der Waals surface area contributed by atoms with Crippen molar-refractivity contribution in [1.82, 2.24) is 0 Å². The monoisotopic (exact) mass is 390 g/mol. The highest BCUT2D eigenvalue weighted by molar-refractivity contribution is 9.10. The number of hydrogen-bond acceptors (Lipinski definition) is 1. The number of rotatable bonds is 4. The van der Waals surface area contributed by atoms with E-state index in [0.29, 0.717) is 0 Å². The Kier molecular flexibility index (Phi) is 5.87. The number of aryl methyl sites for hydroxylation is 1. The minimum absolute atomic E-state index is 0.0215. The van der Waals surface area contributed by atoms with Gasteiger partial charge in [0.1, 0.15) is 0 Å². The van der Waals surface area contributed by atoms with E-state index in [1.807, 2.05) is 0 Å². The Balaban J connectivity index is 2.45. The van der Waals surface area contributed by atoms with Crippen molar-refractivity contribution in [3.05, 3.63) is 69.2 Å². The Hall–Kier alpha value is -0.903. The van der Waals surface area contributed by atoms with E-state index < -0.39 is 9.04 Å². The number of halogens is 1. The zero-order valence-electron chi connectivity index (χ0n) is 15.0. The number of hydrogen-bond donors (Lipinski definition) is 0. The quantitative estimate of drug-likeness (QED) is 0.569. The molecule has 1 nitrogen and oxygen atoms in total. The van der Waals surface area contributed by atoms with Crippen molar-refractivity contribution >= 4 is 25.0 Å². The predicted octanol–water partition coefficient (Wildman–Crippen LogP) is 6.14. The topological polar surface area (TPSA) is 9.23 Å². The molecule has 0 aliphatic carbocycles. The van der Waals surface area contributed by atoms with Crippen LogP contribution in [0.2, 0.25) is 13.1 Å². The number of benzene rings is 2. The molecule has 0 N–H and O–H groups in total. The van der Waals surface area contributed by atoms with E-state index >= 15 is 0 Å². The third kappa shape index (κ3) is 4.79. The molecule has 0 aliphatic rings. The lowest BCUT2D eigenvalue weighted by molar-refractivity contribution is 0.251. The van der Waals surface area contributed by atoms with Crippen LogP contribution in [0, 0.1) is 6.92 Å². The predicted molar refractivity (Wildman–Crippen MR) is 106 cm³/mol. The highest BCUT2D eigenvalue weighted by Gasteiger charge is 2.20. The van der Waals surface area contributed by atoms with Crippen molar-refractivity contribution in [2.45, 2.75) is 52.3 Å². The fourth-order valence-corrected chi connectivity index (χ4v) is 3.88. The summed E-state index contributed by atoms with van der Waals surface area (Å²) < 4.78 is 7.50. The Bertz CT molecular complexity index is 656. The van der Waals surface area contributed by atoms with Crippen molar-refractivity contribution in [2.24, 2.45) is 0 Å². The maximum absolute atomic E-state index is 6.40. The molecule has 0 radical (unpaired) electrons. The van der Waals surface area contributed by atoms with Gasteiger partial charge in [-0.05, 0) is 59.8 Å². The van der Waals surface area contributed by atoms with Crippen LogP contribution in [0.25, 0.3) is 0 Å². The van der Waals surface area contributed by atoms with Gasteiger partial charge in [-0.3, -0.25) is 0 Å². The first-order valence-corrected chi connectivity index (χ1v) is 11.8. The van der Waals surface area contributed by atoms with Crippen molar-refractivity contribution in [1.29, 1.82) is 0 Å². The first-order chi connectivity index (χ1) is 10.7. The summed E-state index contributed by atoms with van der Waals surface area (Å²) in [5, 5.41) is 0. The second-order valence-corrected chi connectivity index (χ2v) is 10.7. The molecule has 0 spiro atoms. The van der Waals surface area contributed by atoms with Crippen LogP contribution < -0.4 is 0 Å². The second kappa shape index (κ2) is 7.33. The molecule has 1 atom stereocenters. The molecule has 0 aromatic heterocycles. The lowest BCUT2D eigenvalue weighted by Crippen LogP contribution is -2.17. The molecule has 0 amide bonds. The molecular formula is C20H27BrOSi. The summed E-state index contributed by atoms with van der Waals surface area (Å²) in [7, 11) is -1.17. The molecule has 1 unspecified atom stereocenters. The minimum Gasteiger partial charge on any atom is -0.410 e. The normalized spacial score (nSPS) is 13.4. The van der Waals surface area contributed by atoms with Gasteiger partial charge in [-0.25, -0.2) is 0 Å². The molecule has 2 rings (SSSR count). The molecule has 0 saturated carbocycles. The van der Waals surface area contributed by atoms with Crippen molar-refractivity contribution in [2.75, 3.05) is 0 Å². The molecule has 23 heavy (non-hydrogen) atoms. The largest absolute Gasteiger partial charge is 0.410 e. The van der Waals surface area contributed by atoms with Crippen LogP contribution in [0.4, 0.5) is 0 Å². The van der Waals surface area contributed by atoms with Crippen molar-refractivity contribution in [3.8, 4) is 0 Å². The first-order valence-electron chi connectivity index (χ1n) is 8.20. The second-order valence-electron chi connectivity index (χ2n) is 7.44. The summed E-state index contributed by atoms with van der Waals surface area (Å²) in [5.41, 5.74) is 5.29. The van der Waals surface area contributed by atoms with Gasteiger partial charge in [0.25, 0.3) is 0 Å². The Labute approximate surface area is 150 Å². The molecule has 0 heterocycles. The van der Waals surface area contributed by atoms with Gasteiger partial charge in [0.15, 0.2) is 9.04 Å². The van der Waals surface area contributed by atoms with Crippen LogP contribution in [-0.4, -0.2) is 9.04 Å². The van der Waals surface area contributed by atoms with E-state index in [2.05, 4.69) is 99.2 Å². The lowest BCUT2D eigenvalue weighted by Gasteiger charge is -2.25. The summed E-state index contributed by atoms with van der Waals surface area (Å²) in [5.74, 6) is 0. The highest BCUT2D eigenvalue weighted by atomic mass is 79.9. The third-order valence-electron chi connectivity index (χ3n) is 4.01. The van der Waals surface area contributed by atoms with E-state index in [4.69, 9.17) is 4.43 Å². The van der Waals surface area contributed by atoms with Crippen LogP contribution in [0.15, 0.2) is 46.9 Å². The van der Waals surface area contributed by atoms with Gasteiger partial charge >= 0.3 is 0 Å². The molecular weight excluding hydrogens is 364 g/mol. The summed E-state index contributed by atoms with van der Waals surface area (Å²) in [6.45, 7) is 13.3. The van der Waals surface area contributed by atoms with E-state index in [9.17, 15) is 0 Å². The van der Waals surface area contributed by atoms with Gasteiger partial charge in [-0.2, -0.15) is 0 Å². The molecule has 2 aromatic rings. The Morgan fingerprint density at radius 3 is 2.13 bits per heavy atom. The van der Waals surface area contributed by atoms with Crippen LogP contribution in [0.5, 0.6) is 0 Å². The van der Waals surface area contributed by atoms with Crippen molar-refractivity contribution in [3.63, 3.8) is 0 Å². The molecule has 0 saturated heterocycles. The third-order valence-corrected chi connectivity index (χ3v) is 5.32. The standard InChI is InChI=1S/C20H27BrOSi/c1-14-7-12-17(21)13-18(14)19(22-23(5)6)15-8-10-16(11-9-15)20(2,3)4/h7-13,19,23H,1-6H3. The molecule has 124 valence electrons. The molecule has 0 fully saturated rings. The van der Waals surface area contributed by atoms with Gasteiger partial charge in [-0.1, -0.05) is 67.0 Å². The smallest absolute Gasteiger partial charge is 0.172 e. The summed E-state index contributed by atoms with van der Waals surface area (Å²) in [4.78, 5) is 0. The van der Waals surface area contributed by atoms with Crippen LogP contribution >= 0.6 is 15.9 Å². The zero-order valence-corrected chi connectivity index (χ0v) is 17.7. The van der Waals surface area contributed by atoms with Crippen molar-refractivity contribution < 1.29 is 4.43 Å². The Morgan fingerprint density at radius 1 is 1.00 bits per heavy atom. The van der Waals surface area contributed by atoms with Gasteiger partial charge in [-0.15, -0.1) is 0 Å². The van der Waals surface area contributed by atoms with Gasteiger partial charge in [0.2, 0.25) is 0 Å². The molecule has 2 aromatic carbocycles. The van der Waals surface area contributed by atoms with E-state index in [0.717, 1.165) is 4.47 Å². The first kappa shape index (κ1) is 18.4. The fraction of sp³-hybridized carbons (Fsp3) is 0.400. The van der Waals surface area contributed by atoms with Crippen LogP contribution in [0.3, 0.4) is 0 Å². The minimum atomic E-state index is -1.17. The average molecular weight is 391 g/mol. The molecule has 0 aliphatic heterocycles. The van der Waals surface area contributed by atoms with Crippen LogP contribution in [-0.2, 0) is 9.84 Å². The van der Waals surface area contributed by atoms with Gasteiger partial charge in [0.05, 0.1) is 6.10 Å². The SMILES string of the molecule is Cc1ccc(Br)cc1C(O[SiH](C)C)c1ccc(C(C)(C)C)cc1. The summed E-state index contributed by atoms with van der Waals surface area (Å²) >= 11 is 3.60. The molecule has 3 heteroatoms. The fourth-order valence-electron chi connectivity index (χ4n) is 2.66. The maximum atomic E-state index is 6.40. The van der Waals surface area contributed by atoms with E-state index in [1.165, 1.54) is 22.3 Å². The summed E-state index contributed by atoms with van der Waals surface area (Å²) in [6, 6.07) is 15.4. The summed E-state index contributed by atoms with van der Waals surface area (Å²) in [6.07, 6.45) is 0.0215. The van der Waals surface area contributed by atoms with Gasteiger partial charge in [0, 0.05) is 4.47 Å². The van der Waals surface area contributed by atoms with Crippen LogP contribution in [0.1, 0.15) is 49.1 Å². The van der Waals surface area contributed by atoms with Gasteiger partial charge < -0.3 is 4.43 Å². The average Bonchev–Trinajstić information content (AvgIpc) is 2.46. The highest BCUT2D eigenvalue weighted by Crippen LogP contribution is 2.32.